The summed E-state index contributed by atoms with van der Waals surface area (Å²) in [6.07, 6.45) is -0.771. The number of methoxy groups -OCH3 is 2. The normalized spacial score (nSPS) is 12.6. The first kappa shape index (κ1) is 22.8. The van der Waals surface area contributed by atoms with Crippen LogP contribution in [0.2, 0.25) is 0 Å². The summed E-state index contributed by atoms with van der Waals surface area (Å²) >= 11 is 0. The Morgan fingerprint density at radius 3 is 1.96 bits per heavy atom. The van der Waals surface area contributed by atoms with Crippen molar-refractivity contribution in [1.29, 1.82) is 0 Å². The van der Waals surface area contributed by atoms with Crippen LogP contribution in [0, 0.1) is 0 Å². The molecule has 0 aliphatic rings. The van der Waals surface area contributed by atoms with Crippen LogP contribution in [0.25, 0.3) is 0 Å². The third-order valence-corrected chi connectivity index (χ3v) is 3.26. The van der Waals surface area contributed by atoms with Gasteiger partial charge in [-0.15, -0.1) is 0 Å². The molecule has 0 heterocycles. The predicted molar refractivity (Wildman–Crippen MR) is 88.5 cm³/mol. The average molecular weight is 358 g/mol. The van der Waals surface area contributed by atoms with Gasteiger partial charge in [-0.3, -0.25) is 4.79 Å². The van der Waals surface area contributed by atoms with Crippen molar-refractivity contribution in [3.05, 3.63) is 24.3 Å². The molecule has 2 atom stereocenters. The maximum atomic E-state index is 11.6. The minimum Gasteiger partial charge on any atom is -0.466 e. The molecule has 0 bridgehead atoms. The highest BCUT2D eigenvalue weighted by Gasteiger charge is 2.19. The molecule has 0 rings (SSSR count). The Balaban J connectivity index is 3.86. The summed E-state index contributed by atoms with van der Waals surface area (Å²) in [7, 11) is 2.49. The molecule has 0 N–H and O–H groups in total. The van der Waals surface area contributed by atoms with Crippen molar-refractivity contribution in [2.24, 2.45) is 0 Å². The van der Waals surface area contributed by atoms with Crippen molar-refractivity contribution in [2.75, 3.05) is 27.6 Å². The highest BCUT2D eigenvalue weighted by Crippen LogP contribution is 2.09. The van der Waals surface area contributed by atoms with Crippen LogP contribution in [-0.4, -0.2) is 57.7 Å². The maximum Gasteiger partial charge on any atom is 0.336 e. The Hall–Kier alpha value is -2.19. The van der Waals surface area contributed by atoms with E-state index in [0.717, 1.165) is 0 Å². The molecule has 0 aromatic heterocycles. The van der Waals surface area contributed by atoms with Crippen LogP contribution in [0.4, 0.5) is 0 Å². The van der Waals surface area contributed by atoms with Gasteiger partial charge in [0.2, 0.25) is 0 Å². The van der Waals surface area contributed by atoms with Crippen LogP contribution in [0.15, 0.2) is 24.3 Å². The number of carbonyl (C=O) groups is 3. The smallest absolute Gasteiger partial charge is 0.336 e. The summed E-state index contributed by atoms with van der Waals surface area (Å²) in [4.78, 5) is 34.1. The highest BCUT2D eigenvalue weighted by molar-refractivity contribution is 5.89. The van der Waals surface area contributed by atoms with E-state index in [4.69, 9.17) is 14.2 Å². The molecule has 0 aliphatic carbocycles. The second kappa shape index (κ2) is 12.2. The number of hydrogen-bond donors (Lipinski definition) is 0. The monoisotopic (exact) mass is 358 g/mol. The second-order valence-corrected chi connectivity index (χ2v) is 5.10. The molecule has 8 heteroatoms. The Kier molecular flexibility index (Phi) is 11.1. The minimum atomic E-state index is -0.755. The molecule has 0 aromatic carbocycles. The SMILES string of the molecule is C=C(C(=O)OC)C(C)OCOCCCC(=O)OC(C)C(=C)C(=O)OC. The summed E-state index contributed by atoms with van der Waals surface area (Å²) in [6, 6.07) is 0. The van der Waals surface area contributed by atoms with Crippen molar-refractivity contribution < 1.29 is 38.1 Å². The van der Waals surface area contributed by atoms with Gasteiger partial charge < -0.3 is 23.7 Å². The van der Waals surface area contributed by atoms with Gasteiger partial charge in [0.05, 0.1) is 31.5 Å². The summed E-state index contributed by atoms with van der Waals surface area (Å²) in [5.74, 6) is -1.64. The fourth-order valence-electron chi connectivity index (χ4n) is 1.55. The topological polar surface area (TPSA) is 97.4 Å². The van der Waals surface area contributed by atoms with Crippen LogP contribution < -0.4 is 0 Å². The summed E-state index contributed by atoms with van der Waals surface area (Å²) < 4.78 is 24.6. The Labute approximate surface area is 147 Å². The Bertz CT molecular complexity index is 497. The van der Waals surface area contributed by atoms with E-state index in [9.17, 15) is 14.4 Å². The first-order valence-corrected chi connectivity index (χ1v) is 7.67. The van der Waals surface area contributed by atoms with Gasteiger partial charge in [-0.2, -0.15) is 0 Å². The Morgan fingerprint density at radius 2 is 1.44 bits per heavy atom. The third-order valence-electron chi connectivity index (χ3n) is 3.26. The zero-order valence-corrected chi connectivity index (χ0v) is 15.2. The van der Waals surface area contributed by atoms with E-state index in [2.05, 4.69) is 22.6 Å². The van der Waals surface area contributed by atoms with Gasteiger partial charge in [0.25, 0.3) is 0 Å². The summed E-state index contributed by atoms with van der Waals surface area (Å²) in [5.41, 5.74) is 0.259. The Morgan fingerprint density at radius 1 is 0.920 bits per heavy atom. The van der Waals surface area contributed by atoms with Crippen LogP contribution in [0.1, 0.15) is 26.7 Å². The van der Waals surface area contributed by atoms with Gasteiger partial charge in [0, 0.05) is 13.0 Å². The van der Waals surface area contributed by atoms with Gasteiger partial charge >= 0.3 is 17.9 Å². The second-order valence-electron chi connectivity index (χ2n) is 5.10. The van der Waals surface area contributed by atoms with Crippen LogP contribution in [0.3, 0.4) is 0 Å². The van der Waals surface area contributed by atoms with Gasteiger partial charge in [0.15, 0.2) is 0 Å². The van der Waals surface area contributed by atoms with Crippen molar-refractivity contribution in [3.63, 3.8) is 0 Å². The van der Waals surface area contributed by atoms with Crippen LogP contribution in [-0.2, 0) is 38.1 Å². The molecule has 0 saturated heterocycles. The number of carbonyl (C=O) groups excluding carboxylic acids is 3. The number of hydrogen-bond acceptors (Lipinski definition) is 8. The molecule has 25 heavy (non-hydrogen) atoms. The molecule has 0 fully saturated rings. The zero-order valence-electron chi connectivity index (χ0n) is 15.2. The fraction of sp³-hybridized carbons (Fsp3) is 0.588. The molecule has 0 aliphatic heterocycles. The number of esters is 3. The number of ether oxygens (including phenoxy) is 5. The third kappa shape index (κ3) is 9.02. The van der Waals surface area contributed by atoms with Crippen LogP contribution >= 0.6 is 0 Å². The highest BCUT2D eigenvalue weighted by atomic mass is 16.7. The van der Waals surface area contributed by atoms with E-state index in [1.54, 1.807) is 6.92 Å². The van der Waals surface area contributed by atoms with Crippen molar-refractivity contribution >= 4 is 17.9 Å². The molecule has 142 valence electrons. The fourth-order valence-corrected chi connectivity index (χ4v) is 1.55. The van der Waals surface area contributed by atoms with E-state index in [1.807, 2.05) is 0 Å². The van der Waals surface area contributed by atoms with Gasteiger partial charge in [0.1, 0.15) is 12.9 Å². The lowest BCUT2D eigenvalue weighted by Gasteiger charge is -2.15. The zero-order chi connectivity index (χ0) is 19.4. The first-order chi connectivity index (χ1) is 11.7. The van der Waals surface area contributed by atoms with E-state index in [1.165, 1.54) is 21.1 Å². The lowest BCUT2D eigenvalue weighted by atomic mass is 10.2. The van der Waals surface area contributed by atoms with E-state index in [-0.39, 0.29) is 31.0 Å². The lowest BCUT2D eigenvalue weighted by Crippen LogP contribution is -2.22. The maximum absolute atomic E-state index is 11.6. The summed E-state index contributed by atoms with van der Waals surface area (Å²) in [5, 5.41) is 0. The van der Waals surface area contributed by atoms with Crippen molar-refractivity contribution in [3.8, 4) is 0 Å². The van der Waals surface area contributed by atoms with Gasteiger partial charge in [-0.25, -0.2) is 9.59 Å². The van der Waals surface area contributed by atoms with Gasteiger partial charge in [-0.05, 0) is 20.3 Å². The quantitative estimate of drug-likeness (QED) is 0.170. The molecule has 0 amide bonds. The molecule has 0 spiro atoms. The standard InChI is InChI=1S/C17H26O8/c1-11(16(19)21-5)13(3)24-10-23-9-7-8-15(18)25-14(4)12(2)17(20)22-6/h13-14H,1-2,7-10H2,3-6H3. The molecule has 2 unspecified atom stereocenters. The largest absolute Gasteiger partial charge is 0.466 e. The van der Waals surface area contributed by atoms with Gasteiger partial charge in [-0.1, -0.05) is 13.2 Å². The molecule has 0 aromatic rings. The molecule has 8 nitrogen and oxygen atoms in total. The minimum absolute atomic E-state index is 0.0538. The first-order valence-electron chi connectivity index (χ1n) is 7.67. The van der Waals surface area contributed by atoms with Crippen molar-refractivity contribution in [1.82, 2.24) is 0 Å². The summed E-state index contributed by atoms with van der Waals surface area (Å²) in [6.45, 7) is 10.5. The molecular weight excluding hydrogens is 332 g/mol. The number of rotatable bonds is 12. The molecule has 0 saturated carbocycles. The van der Waals surface area contributed by atoms with E-state index < -0.39 is 30.1 Å². The molecule has 0 radical (unpaired) electrons. The van der Waals surface area contributed by atoms with E-state index >= 15 is 0 Å². The lowest BCUT2D eigenvalue weighted by molar-refractivity contribution is -0.149. The van der Waals surface area contributed by atoms with E-state index in [0.29, 0.717) is 6.42 Å². The van der Waals surface area contributed by atoms with Crippen LogP contribution in [0.5, 0.6) is 0 Å². The predicted octanol–water partition coefficient (Wildman–Crippen LogP) is 1.54. The average Bonchev–Trinajstić information content (AvgIpc) is 2.61. The molecular formula is C17H26O8. The van der Waals surface area contributed by atoms with Crippen molar-refractivity contribution in [2.45, 2.75) is 38.9 Å².